The number of amides is 1. The molecule has 1 amide bonds. The van der Waals surface area contributed by atoms with E-state index in [-0.39, 0.29) is 29.9 Å². The second-order valence-electron chi connectivity index (χ2n) is 9.22. The summed E-state index contributed by atoms with van der Waals surface area (Å²) in [6.45, 7) is 3.17. The fraction of sp³-hybridized carbons (Fsp3) is 0.267. The third kappa shape index (κ3) is 5.75. The van der Waals surface area contributed by atoms with E-state index in [1.807, 2.05) is 37.3 Å². The first-order valence-corrected chi connectivity index (χ1v) is 12.8. The first-order valence-electron chi connectivity index (χ1n) is 12.8. The molecule has 0 N–H and O–H groups in total. The molecule has 0 spiro atoms. The first kappa shape index (κ1) is 25.6. The van der Waals surface area contributed by atoms with Crippen LogP contribution < -0.4 is 4.74 Å². The van der Waals surface area contributed by atoms with Crippen LogP contribution in [-0.2, 0) is 17.7 Å². The zero-order chi connectivity index (χ0) is 26.5. The molecule has 38 heavy (non-hydrogen) atoms. The van der Waals surface area contributed by atoms with Crippen LogP contribution >= 0.6 is 0 Å². The van der Waals surface area contributed by atoms with Crippen LogP contribution in [0.1, 0.15) is 41.4 Å². The van der Waals surface area contributed by atoms with Gasteiger partial charge in [0, 0.05) is 18.7 Å². The van der Waals surface area contributed by atoms with Crippen molar-refractivity contribution in [2.24, 2.45) is 0 Å². The Morgan fingerprint density at radius 2 is 1.84 bits per heavy atom. The van der Waals surface area contributed by atoms with Gasteiger partial charge in [-0.15, -0.1) is 0 Å². The van der Waals surface area contributed by atoms with Gasteiger partial charge in [-0.2, -0.15) is 5.10 Å². The minimum absolute atomic E-state index is 0.108. The van der Waals surface area contributed by atoms with Crippen molar-refractivity contribution in [3.63, 3.8) is 0 Å². The van der Waals surface area contributed by atoms with E-state index in [1.54, 1.807) is 27.8 Å². The van der Waals surface area contributed by atoms with E-state index in [0.29, 0.717) is 31.2 Å². The average molecular weight is 518 g/mol. The summed E-state index contributed by atoms with van der Waals surface area (Å²) < 4.78 is 41.5. The predicted molar refractivity (Wildman–Crippen MR) is 140 cm³/mol. The number of benzene rings is 3. The number of rotatable bonds is 9. The maximum atomic E-state index is 14.0. The summed E-state index contributed by atoms with van der Waals surface area (Å²) in [5, 5.41) is 4.83. The van der Waals surface area contributed by atoms with Crippen LogP contribution in [0.5, 0.6) is 11.6 Å². The molecule has 1 aromatic heterocycles. The molecular weight excluding hydrogens is 488 g/mol. The first-order chi connectivity index (χ1) is 18.5. The third-order valence-electron chi connectivity index (χ3n) is 6.54. The largest absolute Gasteiger partial charge is 0.439 e. The van der Waals surface area contributed by atoms with Crippen LogP contribution in [0.4, 0.5) is 8.78 Å². The maximum Gasteiger partial charge on any atom is 0.254 e. The summed E-state index contributed by atoms with van der Waals surface area (Å²) >= 11 is 0. The Kier molecular flexibility index (Phi) is 7.79. The van der Waals surface area contributed by atoms with E-state index >= 15 is 0 Å². The maximum absolute atomic E-state index is 14.0. The van der Waals surface area contributed by atoms with Crippen molar-refractivity contribution in [3.8, 4) is 17.3 Å². The van der Waals surface area contributed by atoms with Crippen molar-refractivity contribution < 1.29 is 23.0 Å². The molecule has 1 fully saturated rings. The Hall–Kier alpha value is -4.04. The van der Waals surface area contributed by atoms with Crippen LogP contribution in [0.15, 0.2) is 78.9 Å². The van der Waals surface area contributed by atoms with E-state index < -0.39 is 5.82 Å². The highest BCUT2D eigenvalue weighted by molar-refractivity contribution is 5.94. The lowest BCUT2D eigenvalue weighted by Crippen LogP contribution is -2.37. The summed E-state index contributed by atoms with van der Waals surface area (Å²) in [4.78, 5) is 15.3. The monoisotopic (exact) mass is 517 g/mol. The lowest BCUT2D eigenvalue weighted by atomic mass is 10.1. The number of aromatic nitrogens is 2. The average Bonchev–Trinajstić information content (AvgIpc) is 3.57. The molecule has 0 aliphatic carbocycles. The molecule has 0 radical (unpaired) electrons. The van der Waals surface area contributed by atoms with Crippen LogP contribution in [0.2, 0.25) is 0 Å². The lowest BCUT2D eigenvalue weighted by molar-refractivity contribution is 0.0505. The van der Waals surface area contributed by atoms with Crippen molar-refractivity contribution in [2.45, 2.75) is 38.8 Å². The predicted octanol–water partition coefficient (Wildman–Crippen LogP) is 6.33. The van der Waals surface area contributed by atoms with Crippen LogP contribution in [0, 0.1) is 11.6 Å². The van der Waals surface area contributed by atoms with Gasteiger partial charge in [0.2, 0.25) is 5.88 Å². The van der Waals surface area contributed by atoms with Crippen molar-refractivity contribution in [2.75, 3.05) is 13.2 Å². The number of hydrogen-bond acceptors (Lipinski definition) is 4. The van der Waals surface area contributed by atoms with Gasteiger partial charge in [0.1, 0.15) is 17.4 Å². The highest BCUT2D eigenvalue weighted by atomic mass is 19.1. The molecule has 0 bridgehead atoms. The van der Waals surface area contributed by atoms with Gasteiger partial charge in [0.15, 0.2) is 0 Å². The van der Waals surface area contributed by atoms with E-state index in [0.717, 1.165) is 29.8 Å². The van der Waals surface area contributed by atoms with Crippen LogP contribution in [-0.4, -0.2) is 39.8 Å². The van der Waals surface area contributed by atoms with E-state index in [1.165, 1.54) is 30.3 Å². The van der Waals surface area contributed by atoms with Gasteiger partial charge in [-0.05, 0) is 73.9 Å². The topological polar surface area (TPSA) is 56.6 Å². The smallest absolute Gasteiger partial charge is 0.254 e. The number of carbonyl (C=O) groups is 1. The van der Waals surface area contributed by atoms with Gasteiger partial charge in [0.05, 0.1) is 29.6 Å². The molecule has 5 rings (SSSR count). The summed E-state index contributed by atoms with van der Waals surface area (Å²) in [7, 11) is 0. The molecular formula is C30H29F2N3O3. The number of halogens is 2. The van der Waals surface area contributed by atoms with Crippen molar-refractivity contribution >= 4 is 5.91 Å². The number of hydrogen-bond donors (Lipinski definition) is 0. The number of para-hydroxylation sites is 1. The van der Waals surface area contributed by atoms with Crippen molar-refractivity contribution in [1.82, 2.24) is 14.7 Å². The summed E-state index contributed by atoms with van der Waals surface area (Å²) in [6, 6.07) is 21.0. The van der Waals surface area contributed by atoms with Gasteiger partial charge in [-0.1, -0.05) is 31.2 Å². The number of aryl methyl sites for hydroxylation is 1. The van der Waals surface area contributed by atoms with Crippen LogP contribution in [0.3, 0.4) is 0 Å². The van der Waals surface area contributed by atoms with Crippen LogP contribution in [0.25, 0.3) is 5.69 Å². The SMILES string of the molecule is CCc1nn(-c2ccccc2)c(Oc2ccc(F)cc2)c1CN(CC1CCCO1)C(=O)c1cccc(F)c1. The minimum atomic E-state index is -0.473. The molecule has 2 heterocycles. The number of carbonyl (C=O) groups excluding carboxylic acids is 1. The Morgan fingerprint density at radius 3 is 2.53 bits per heavy atom. The fourth-order valence-electron chi connectivity index (χ4n) is 4.63. The Labute approximate surface area is 220 Å². The second kappa shape index (κ2) is 11.6. The van der Waals surface area contributed by atoms with Gasteiger partial charge in [0.25, 0.3) is 5.91 Å². The molecule has 196 valence electrons. The molecule has 0 saturated carbocycles. The summed E-state index contributed by atoms with van der Waals surface area (Å²) in [5.41, 5.74) is 2.53. The zero-order valence-corrected chi connectivity index (χ0v) is 21.1. The molecule has 1 aliphatic heterocycles. The standard InChI is InChI=1S/C30H29F2N3O3/c1-2-28-27(20-34(19-26-12-7-17-37-26)29(36)21-8-6-9-23(32)18-21)30(38-25-15-13-22(31)14-16-25)35(33-28)24-10-4-3-5-11-24/h3-6,8-11,13-16,18,26H,2,7,12,17,19-20H2,1H3. The molecule has 1 saturated heterocycles. The van der Waals surface area contributed by atoms with Gasteiger partial charge >= 0.3 is 0 Å². The third-order valence-corrected chi connectivity index (χ3v) is 6.54. The summed E-state index contributed by atoms with van der Waals surface area (Å²) in [6.07, 6.45) is 2.26. The highest BCUT2D eigenvalue weighted by Crippen LogP contribution is 2.33. The Bertz CT molecular complexity index is 1380. The molecule has 1 atom stereocenters. The molecule has 4 aromatic rings. The van der Waals surface area contributed by atoms with E-state index in [9.17, 15) is 13.6 Å². The molecule has 3 aromatic carbocycles. The van der Waals surface area contributed by atoms with E-state index in [4.69, 9.17) is 14.6 Å². The zero-order valence-electron chi connectivity index (χ0n) is 21.1. The lowest BCUT2D eigenvalue weighted by Gasteiger charge is -2.26. The quantitative estimate of drug-likeness (QED) is 0.261. The van der Waals surface area contributed by atoms with Gasteiger partial charge < -0.3 is 14.4 Å². The van der Waals surface area contributed by atoms with Gasteiger partial charge in [-0.3, -0.25) is 4.79 Å². The molecule has 8 heteroatoms. The minimum Gasteiger partial charge on any atom is -0.439 e. The second-order valence-corrected chi connectivity index (χ2v) is 9.22. The Morgan fingerprint density at radius 1 is 1.05 bits per heavy atom. The molecule has 1 unspecified atom stereocenters. The molecule has 1 aliphatic rings. The number of nitrogens with zero attached hydrogens (tertiary/aromatic N) is 3. The molecule has 6 nitrogen and oxygen atoms in total. The van der Waals surface area contributed by atoms with E-state index in [2.05, 4.69) is 0 Å². The van der Waals surface area contributed by atoms with Crippen molar-refractivity contribution in [1.29, 1.82) is 0 Å². The highest BCUT2D eigenvalue weighted by Gasteiger charge is 2.28. The fourth-order valence-corrected chi connectivity index (χ4v) is 4.63. The Balaban J connectivity index is 1.57. The number of ether oxygens (including phenoxy) is 2. The van der Waals surface area contributed by atoms with Gasteiger partial charge in [-0.25, -0.2) is 13.5 Å². The normalized spacial score (nSPS) is 15.0. The van der Waals surface area contributed by atoms with Crippen molar-refractivity contribution in [3.05, 3.63) is 107 Å². The summed E-state index contributed by atoms with van der Waals surface area (Å²) in [5.74, 6) is -0.271.